The lowest BCUT2D eigenvalue weighted by atomic mass is 10.0. The fourth-order valence-corrected chi connectivity index (χ4v) is 3.02. The van der Waals surface area contributed by atoms with Gasteiger partial charge in [0.15, 0.2) is 0 Å². The maximum Gasteiger partial charge on any atom is 0.376 e. The molecule has 8 heteroatoms. The molecule has 0 aliphatic rings. The minimum atomic E-state index is -1.79. The number of carboxylic acids is 1. The molecule has 1 heterocycles. The van der Waals surface area contributed by atoms with Crippen molar-refractivity contribution in [3.8, 4) is 0 Å². The van der Waals surface area contributed by atoms with Gasteiger partial charge in [0.2, 0.25) is 0 Å². The van der Waals surface area contributed by atoms with Crippen molar-refractivity contribution in [2.45, 2.75) is 13.0 Å². The standard InChI is InChI=1S/C23H17F2NO5/c24-17-7-6-16(19(25)10-17)13-26-12-15(8-14-4-2-1-3-5-14)9-18(22(26)29)20(27)11-21(28)23(30)31/h1-7,9-12,27H,8,13H2,(H,30,31)/b20-11-. The zero-order valence-corrected chi connectivity index (χ0v) is 16.1. The van der Waals surface area contributed by atoms with Crippen molar-refractivity contribution in [3.05, 3.63) is 111 Å². The first-order chi connectivity index (χ1) is 14.7. The van der Waals surface area contributed by atoms with Gasteiger partial charge in [-0.3, -0.25) is 9.59 Å². The van der Waals surface area contributed by atoms with Gasteiger partial charge < -0.3 is 14.8 Å². The molecule has 0 amide bonds. The molecule has 3 rings (SSSR count). The number of aliphatic carboxylic acids is 1. The van der Waals surface area contributed by atoms with E-state index in [0.717, 1.165) is 16.2 Å². The van der Waals surface area contributed by atoms with Crippen LogP contribution in [0.25, 0.3) is 5.76 Å². The molecule has 0 spiro atoms. The Morgan fingerprint density at radius 2 is 1.68 bits per heavy atom. The average molecular weight is 425 g/mol. The van der Waals surface area contributed by atoms with Gasteiger partial charge in [0, 0.05) is 23.9 Å². The van der Waals surface area contributed by atoms with E-state index in [0.29, 0.717) is 24.1 Å². The highest BCUT2D eigenvalue weighted by Gasteiger charge is 2.16. The third-order valence-corrected chi connectivity index (χ3v) is 4.50. The third-order valence-electron chi connectivity index (χ3n) is 4.50. The van der Waals surface area contributed by atoms with Gasteiger partial charge in [0.05, 0.1) is 12.1 Å². The summed E-state index contributed by atoms with van der Waals surface area (Å²) in [5.74, 6) is -5.62. The molecule has 31 heavy (non-hydrogen) atoms. The summed E-state index contributed by atoms with van der Waals surface area (Å²) >= 11 is 0. The third kappa shape index (κ3) is 5.30. The normalized spacial score (nSPS) is 11.4. The molecule has 6 nitrogen and oxygen atoms in total. The zero-order valence-electron chi connectivity index (χ0n) is 16.1. The lowest BCUT2D eigenvalue weighted by Gasteiger charge is -2.13. The summed E-state index contributed by atoms with van der Waals surface area (Å²) in [6, 6.07) is 13.5. The van der Waals surface area contributed by atoms with Gasteiger partial charge in [0.1, 0.15) is 17.4 Å². The van der Waals surface area contributed by atoms with E-state index in [4.69, 9.17) is 5.11 Å². The van der Waals surface area contributed by atoms with Crippen molar-refractivity contribution < 1.29 is 28.6 Å². The molecule has 0 saturated heterocycles. The zero-order chi connectivity index (χ0) is 22.5. The van der Waals surface area contributed by atoms with Crippen LogP contribution in [-0.4, -0.2) is 26.5 Å². The first-order valence-electron chi connectivity index (χ1n) is 9.14. The smallest absolute Gasteiger partial charge is 0.376 e. The molecule has 158 valence electrons. The molecule has 1 aromatic heterocycles. The summed E-state index contributed by atoms with van der Waals surface area (Å²) in [7, 11) is 0. The highest BCUT2D eigenvalue weighted by Crippen LogP contribution is 2.16. The summed E-state index contributed by atoms with van der Waals surface area (Å²) in [4.78, 5) is 35.1. The molecule has 2 aromatic carbocycles. The van der Waals surface area contributed by atoms with E-state index in [1.807, 2.05) is 30.3 Å². The van der Waals surface area contributed by atoms with E-state index < -0.39 is 34.7 Å². The van der Waals surface area contributed by atoms with Crippen LogP contribution in [0.5, 0.6) is 0 Å². The van der Waals surface area contributed by atoms with E-state index in [-0.39, 0.29) is 17.7 Å². The molecular weight excluding hydrogens is 408 g/mol. The number of ketones is 1. The van der Waals surface area contributed by atoms with E-state index in [1.54, 1.807) is 0 Å². The maximum absolute atomic E-state index is 14.1. The number of aliphatic hydroxyl groups is 1. The Balaban J connectivity index is 2.10. The van der Waals surface area contributed by atoms with Gasteiger partial charge in [0.25, 0.3) is 11.3 Å². The van der Waals surface area contributed by atoms with Crippen molar-refractivity contribution in [2.24, 2.45) is 0 Å². The quantitative estimate of drug-likeness (QED) is 0.344. The number of hydrogen-bond acceptors (Lipinski definition) is 4. The number of nitrogens with zero attached hydrogens (tertiary/aromatic N) is 1. The minimum absolute atomic E-state index is 0.0383. The van der Waals surface area contributed by atoms with Gasteiger partial charge in [-0.25, -0.2) is 13.6 Å². The molecule has 0 fully saturated rings. The summed E-state index contributed by atoms with van der Waals surface area (Å²) in [5.41, 5.74) is 0.386. The highest BCUT2D eigenvalue weighted by molar-refractivity contribution is 6.38. The van der Waals surface area contributed by atoms with Crippen LogP contribution in [0, 0.1) is 11.6 Å². The van der Waals surface area contributed by atoms with Crippen molar-refractivity contribution in [3.63, 3.8) is 0 Å². The van der Waals surface area contributed by atoms with Crippen LogP contribution < -0.4 is 5.56 Å². The number of carbonyl (C=O) groups is 2. The summed E-state index contributed by atoms with van der Waals surface area (Å²) < 4.78 is 28.4. The second-order valence-corrected chi connectivity index (χ2v) is 6.79. The molecule has 0 aliphatic carbocycles. The highest BCUT2D eigenvalue weighted by atomic mass is 19.1. The van der Waals surface area contributed by atoms with E-state index in [2.05, 4.69) is 0 Å². The second kappa shape index (κ2) is 9.17. The fourth-order valence-electron chi connectivity index (χ4n) is 3.02. The topological polar surface area (TPSA) is 96.6 Å². The number of hydrogen-bond donors (Lipinski definition) is 2. The monoisotopic (exact) mass is 425 g/mol. The first-order valence-corrected chi connectivity index (χ1v) is 9.14. The number of aromatic nitrogens is 1. The molecule has 3 aromatic rings. The predicted octanol–water partition coefficient (Wildman–Crippen LogP) is 3.32. The van der Waals surface area contributed by atoms with Crippen LogP contribution >= 0.6 is 0 Å². The van der Waals surface area contributed by atoms with Gasteiger partial charge in [-0.15, -0.1) is 0 Å². The van der Waals surface area contributed by atoms with Gasteiger partial charge >= 0.3 is 5.97 Å². The van der Waals surface area contributed by atoms with E-state index in [9.17, 15) is 28.3 Å². The van der Waals surface area contributed by atoms with Crippen molar-refractivity contribution in [2.75, 3.05) is 0 Å². The van der Waals surface area contributed by atoms with Crippen LogP contribution in [0.2, 0.25) is 0 Å². The van der Waals surface area contributed by atoms with E-state index >= 15 is 0 Å². The number of aliphatic hydroxyl groups excluding tert-OH is 1. The van der Waals surface area contributed by atoms with Crippen LogP contribution in [-0.2, 0) is 22.6 Å². The molecule has 0 bridgehead atoms. The minimum Gasteiger partial charge on any atom is -0.507 e. The van der Waals surface area contributed by atoms with Crippen molar-refractivity contribution in [1.29, 1.82) is 0 Å². The number of pyridine rings is 1. The maximum atomic E-state index is 14.1. The van der Waals surface area contributed by atoms with Crippen LogP contribution in [0.3, 0.4) is 0 Å². The Bertz CT molecular complexity index is 1230. The second-order valence-electron chi connectivity index (χ2n) is 6.79. The summed E-state index contributed by atoms with van der Waals surface area (Å²) in [6.07, 6.45) is 2.25. The van der Waals surface area contributed by atoms with Gasteiger partial charge in [-0.1, -0.05) is 36.4 Å². The lowest BCUT2D eigenvalue weighted by molar-refractivity contribution is -0.146. The summed E-state index contributed by atoms with van der Waals surface area (Å²) in [6.45, 7) is -0.263. The fraction of sp³-hybridized carbons (Fsp3) is 0.0870. The van der Waals surface area contributed by atoms with Crippen molar-refractivity contribution >= 4 is 17.5 Å². The first kappa shape index (κ1) is 21.6. The largest absolute Gasteiger partial charge is 0.507 e. The summed E-state index contributed by atoms with van der Waals surface area (Å²) in [5, 5.41) is 19.0. The predicted molar refractivity (Wildman–Crippen MR) is 109 cm³/mol. The molecule has 2 N–H and O–H groups in total. The Morgan fingerprint density at radius 3 is 2.32 bits per heavy atom. The Hall–Kier alpha value is -4.07. The number of carbonyl (C=O) groups excluding carboxylic acids is 1. The molecule has 0 unspecified atom stereocenters. The van der Waals surface area contributed by atoms with E-state index in [1.165, 1.54) is 18.3 Å². The van der Waals surface area contributed by atoms with Gasteiger partial charge in [-0.2, -0.15) is 0 Å². The van der Waals surface area contributed by atoms with Crippen molar-refractivity contribution in [1.82, 2.24) is 4.57 Å². The number of rotatable bonds is 7. The average Bonchev–Trinajstić information content (AvgIpc) is 2.72. The van der Waals surface area contributed by atoms with Gasteiger partial charge in [-0.05, 0) is 29.7 Å². The molecular formula is C23H17F2NO5. The molecule has 0 atom stereocenters. The Morgan fingerprint density at radius 1 is 0.968 bits per heavy atom. The van der Waals surface area contributed by atoms with Crippen LogP contribution in [0.15, 0.2) is 71.7 Å². The number of carboxylic acid groups (broad SMARTS) is 1. The molecule has 0 saturated carbocycles. The molecule has 0 radical (unpaired) electrons. The Labute approximate surface area is 175 Å². The Kier molecular flexibility index (Phi) is 6.40. The molecule has 0 aliphatic heterocycles. The lowest BCUT2D eigenvalue weighted by Crippen LogP contribution is -2.25. The number of halogens is 2. The van der Waals surface area contributed by atoms with Crippen LogP contribution in [0.4, 0.5) is 8.78 Å². The SMILES string of the molecule is O=C(O)C(=O)/C=C(\O)c1cc(Cc2ccccc2)cn(Cc2ccc(F)cc2F)c1=O. The number of benzene rings is 2. The van der Waals surface area contributed by atoms with Crippen LogP contribution in [0.1, 0.15) is 22.3 Å².